The van der Waals surface area contributed by atoms with Crippen LogP contribution in [-0.4, -0.2) is 38.5 Å². The molecule has 5 nitrogen and oxygen atoms in total. The fourth-order valence-corrected chi connectivity index (χ4v) is 3.92. The first kappa shape index (κ1) is 17.7. The summed E-state index contributed by atoms with van der Waals surface area (Å²) in [6.45, 7) is 5.79. The number of rotatable bonds is 3. The van der Waals surface area contributed by atoms with Crippen LogP contribution in [0.1, 0.15) is 42.6 Å². The highest BCUT2D eigenvalue weighted by Gasteiger charge is 2.20. The van der Waals surface area contributed by atoms with Gasteiger partial charge in [0.2, 0.25) is 5.91 Å². The summed E-state index contributed by atoms with van der Waals surface area (Å²) in [5.41, 5.74) is 5.73. The predicted octanol–water partition coefficient (Wildman–Crippen LogP) is 3.96. The molecule has 3 heterocycles. The first-order valence-corrected chi connectivity index (χ1v) is 9.82. The van der Waals surface area contributed by atoms with Gasteiger partial charge in [-0.1, -0.05) is 43.2 Å². The molecule has 140 valence electrons. The monoisotopic (exact) mass is 362 g/mol. The lowest BCUT2D eigenvalue weighted by Gasteiger charge is -2.21. The molecule has 1 saturated heterocycles. The van der Waals surface area contributed by atoms with Crippen molar-refractivity contribution < 1.29 is 4.79 Å². The van der Waals surface area contributed by atoms with Crippen LogP contribution in [0.2, 0.25) is 0 Å². The van der Waals surface area contributed by atoms with Crippen LogP contribution in [0.3, 0.4) is 0 Å². The second-order valence-corrected chi connectivity index (χ2v) is 7.40. The van der Waals surface area contributed by atoms with E-state index in [4.69, 9.17) is 10.1 Å². The highest BCUT2D eigenvalue weighted by atomic mass is 16.2. The van der Waals surface area contributed by atoms with E-state index in [1.165, 1.54) is 12.8 Å². The van der Waals surface area contributed by atoms with Crippen LogP contribution >= 0.6 is 0 Å². The van der Waals surface area contributed by atoms with Crippen LogP contribution in [0.15, 0.2) is 36.4 Å². The lowest BCUT2D eigenvalue weighted by molar-refractivity contribution is -0.130. The van der Waals surface area contributed by atoms with Crippen molar-refractivity contribution in [3.8, 4) is 11.3 Å². The average molecular weight is 362 g/mol. The van der Waals surface area contributed by atoms with Crippen molar-refractivity contribution >= 4 is 11.6 Å². The molecule has 3 aromatic rings. The third kappa shape index (κ3) is 3.59. The number of amides is 1. The molecular formula is C22H26N4O. The first-order chi connectivity index (χ1) is 13.1. The maximum Gasteiger partial charge on any atom is 0.227 e. The average Bonchev–Trinajstić information content (AvgIpc) is 2.92. The largest absolute Gasteiger partial charge is 0.342 e. The zero-order valence-electron chi connectivity index (χ0n) is 16.1. The topological polar surface area (TPSA) is 50.5 Å². The molecule has 1 fully saturated rings. The Labute approximate surface area is 160 Å². The lowest BCUT2D eigenvalue weighted by Crippen LogP contribution is -2.33. The molecule has 2 aromatic heterocycles. The van der Waals surface area contributed by atoms with Gasteiger partial charge in [0.15, 0.2) is 5.65 Å². The number of hydrogen-bond acceptors (Lipinski definition) is 3. The summed E-state index contributed by atoms with van der Waals surface area (Å²) in [6, 6.07) is 12.1. The van der Waals surface area contributed by atoms with Gasteiger partial charge in [-0.05, 0) is 26.7 Å². The molecule has 1 aromatic carbocycles. The minimum Gasteiger partial charge on any atom is -0.342 e. The minimum atomic E-state index is 0.208. The molecule has 0 atom stereocenters. The zero-order valence-corrected chi connectivity index (χ0v) is 16.1. The zero-order chi connectivity index (χ0) is 18.8. The molecule has 27 heavy (non-hydrogen) atoms. The first-order valence-electron chi connectivity index (χ1n) is 9.82. The Morgan fingerprint density at radius 2 is 1.74 bits per heavy atom. The van der Waals surface area contributed by atoms with Gasteiger partial charge in [0.05, 0.1) is 12.1 Å². The van der Waals surface area contributed by atoms with Crippen molar-refractivity contribution in [1.29, 1.82) is 0 Å². The second-order valence-electron chi connectivity index (χ2n) is 7.40. The predicted molar refractivity (Wildman–Crippen MR) is 107 cm³/mol. The quantitative estimate of drug-likeness (QED) is 0.709. The van der Waals surface area contributed by atoms with E-state index in [1.54, 1.807) is 0 Å². The lowest BCUT2D eigenvalue weighted by atomic mass is 10.1. The summed E-state index contributed by atoms with van der Waals surface area (Å²) < 4.78 is 1.88. The third-order valence-corrected chi connectivity index (χ3v) is 5.52. The summed E-state index contributed by atoms with van der Waals surface area (Å²) in [4.78, 5) is 19.6. The maximum absolute atomic E-state index is 12.9. The van der Waals surface area contributed by atoms with Gasteiger partial charge in [-0.15, -0.1) is 0 Å². The van der Waals surface area contributed by atoms with Gasteiger partial charge >= 0.3 is 0 Å². The van der Waals surface area contributed by atoms with E-state index in [-0.39, 0.29) is 5.91 Å². The van der Waals surface area contributed by atoms with Crippen molar-refractivity contribution in [2.75, 3.05) is 13.1 Å². The molecule has 0 radical (unpaired) electrons. The fraction of sp³-hybridized carbons (Fsp3) is 0.409. The van der Waals surface area contributed by atoms with Gasteiger partial charge in [-0.3, -0.25) is 4.79 Å². The van der Waals surface area contributed by atoms with Crippen LogP contribution in [0.25, 0.3) is 16.9 Å². The summed E-state index contributed by atoms with van der Waals surface area (Å²) in [5.74, 6) is 0.208. The van der Waals surface area contributed by atoms with Gasteiger partial charge < -0.3 is 4.90 Å². The molecule has 0 spiro atoms. The number of aryl methyl sites for hydroxylation is 2. The number of fused-ring (bicyclic) bond motifs is 1. The van der Waals surface area contributed by atoms with Crippen molar-refractivity contribution in [1.82, 2.24) is 19.5 Å². The fourth-order valence-electron chi connectivity index (χ4n) is 3.92. The van der Waals surface area contributed by atoms with Crippen molar-refractivity contribution in [2.24, 2.45) is 0 Å². The molecule has 0 saturated carbocycles. The van der Waals surface area contributed by atoms with Gasteiger partial charge in [-0.25, -0.2) is 9.50 Å². The van der Waals surface area contributed by atoms with Crippen LogP contribution in [0.5, 0.6) is 0 Å². The Morgan fingerprint density at radius 1 is 1.04 bits per heavy atom. The Morgan fingerprint density at radius 3 is 2.44 bits per heavy atom. The molecule has 1 aliphatic rings. The summed E-state index contributed by atoms with van der Waals surface area (Å²) in [7, 11) is 0. The highest BCUT2D eigenvalue weighted by Crippen LogP contribution is 2.22. The van der Waals surface area contributed by atoms with Gasteiger partial charge in [-0.2, -0.15) is 5.10 Å². The Balaban J connectivity index is 1.66. The number of carbonyl (C=O) groups excluding carboxylic acids is 1. The van der Waals surface area contributed by atoms with E-state index in [0.717, 1.165) is 59.8 Å². The molecule has 1 amide bonds. The van der Waals surface area contributed by atoms with Crippen molar-refractivity contribution in [2.45, 2.75) is 46.0 Å². The maximum atomic E-state index is 12.9. The minimum absolute atomic E-state index is 0.208. The van der Waals surface area contributed by atoms with E-state index in [2.05, 4.69) is 0 Å². The van der Waals surface area contributed by atoms with E-state index in [1.807, 2.05) is 59.7 Å². The summed E-state index contributed by atoms with van der Waals surface area (Å²) in [6.07, 6.45) is 5.08. The van der Waals surface area contributed by atoms with Gasteiger partial charge in [0.1, 0.15) is 0 Å². The SMILES string of the molecule is Cc1nc2cc(-c3ccccc3)nn2c(C)c1CC(=O)N1CCCCCC1. The Bertz CT molecular complexity index is 953. The van der Waals surface area contributed by atoms with E-state index in [9.17, 15) is 4.79 Å². The van der Waals surface area contributed by atoms with Crippen LogP contribution in [0, 0.1) is 13.8 Å². The summed E-state index contributed by atoms with van der Waals surface area (Å²) >= 11 is 0. The molecule has 5 heteroatoms. The number of nitrogens with zero attached hydrogens (tertiary/aromatic N) is 4. The number of hydrogen-bond donors (Lipinski definition) is 0. The van der Waals surface area contributed by atoms with Crippen molar-refractivity contribution in [3.05, 3.63) is 53.3 Å². The smallest absolute Gasteiger partial charge is 0.227 e. The molecular weight excluding hydrogens is 336 g/mol. The standard InChI is InChI=1S/C22H26N4O/c1-16-19(14-22(27)25-12-8-3-4-9-13-25)17(2)26-21(23-16)15-20(24-26)18-10-6-5-7-11-18/h5-7,10-11,15H,3-4,8-9,12-14H2,1-2H3. The van der Waals surface area contributed by atoms with Crippen molar-refractivity contribution in [3.63, 3.8) is 0 Å². The Kier molecular flexibility index (Phi) is 4.92. The molecule has 0 unspecified atom stereocenters. The van der Waals surface area contributed by atoms with Gasteiger partial charge in [0.25, 0.3) is 0 Å². The molecule has 0 N–H and O–H groups in total. The number of carbonyl (C=O) groups is 1. The number of benzene rings is 1. The number of aromatic nitrogens is 3. The van der Waals surface area contributed by atoms with Crippen LogP contribution in [0.4, 0.5) is 0 Å². The van der Waals surface area contributed by atoms with E-state index < -0.39 is 0 Å². The third-order valence-electron chi connectivity index (χ3n) is 5.52. The van der Waals surface area contributed by atoms with Gasteiger partial charge in [0, 0.05) is 41.7 Å². The highest BCUT2D eigenvalue weighted by molar-refractivity contribution is 5.79. The van der Waals surface area contributed by atoms with E-state index >= 15 is 0 Å². The Hall–Kier alpha value is -2.69. The number of likely N-dealkylation sites (tertiary alicyclic amines) is 1. The van der Waals surface area contributed by atoms with Crippen LogP contribution < -0.4 is 0 Å². The molecule has 0 bridgehead atoms. The molecule has 0 aliphatic carbocycles. The summed E-state index contributed by atoms with van der Waals surface area (Å²) in [5, 5.41) is 4.75. The van der Waals surface area contributed by atoms with Crippen LogP contribution in [-0.2, 0) is 11.2 Å². The molecule has 1 aliphatic heterocycles. The van der Waals surface area contributed by atoms with E-state index in [0.29, 0.717) is 6.42 Å². The normalized spacial score (nSPS) is 15.1. The second kappa shape index (κ2) is 7.51. The molecule has 4 rings (SSSR count).